The van der Waals surface area contributed by atoms with Gasteiger partial charge in [-0.05, 0) is 25.0 Å². The van der Waals surface area contributed by atoms with Gasteiger partial charge in [0.15, 0.2) is 15.8 Å². The number of likely N-dealkylation sites (tertiary alicyclic amines) is 1. The van der Waals surface area contributed by atoms with Gasteiger partial charge in [0.05, 0.1) is 12.3 Å². The zero-order chi connectivity index (χ0) is 15.3. The van der Waals surface area contributed by atoms with Crippen molar-refractivity contribution in [3.8, 4) is 0 Å². The molecule has 118 valence electrons. The van der Waals surface area contributed by atoms with E-state index >= 15 is 0 Å². The molecule has 0 saturated carbocycles. The molecular formula is C14H23N3O2S2. The van der Waals surface area contributed by atoms with E-state index in [-0.39, 0.29) is 5.75 Å². The molecule has 0 radical (unpaired) electrons. The van der Waals surface area contributed by atoms with Crippen molar-refractivity contribution in [2.45, 2.75) is 43.4 Å². The fraction of sp³-hybridized carbons (Fsp3) is 0.643. The Morgan fingerprint density at radius 1 is 1.29 bits per heavy atom. The normalized spacial score (nSPS) is 17.8. The number of guanidine groups is 1. The largest absolute Gasteiger partial charge is 0.370 e. The Balaban J connectivity index is 2.00. The van der Waals surface area contributed by atoms with Gasteiger partial charge >= 0.3 is 0 Å². The predicted octanol–water partition coefficient (Wildman–Crippen LogP) is 2.23. The first-order valence-corrected chi connectivity index (χ1v) is 9.86. The van der Waals surface area contributed by atoms with E-state index in [2.05, 4.69) is 9.89 Å². The molecule has 1 aromatic heterocycles. The van der Waals surface area contributed by atoms with Crippen LogP contribution in [0, 0.1) is 0 Å². The molecule has 0 aromatic carbocycles. The van der Waals surface area contributed by atoms with Crippen molar-refractivity contribution >= 4 is 27.1 Å². The van der Waals surface area contributed by atoms with Gasteiger partial charge in [-0.2, -0.15) is 0 Å². The standard InChI is InChI=1S/C14H23N3O2S2/c1-2-21(18,19)13-8-7-12(20-13)11-16-14(15)17-9-5-3-4-6-10-17/h7-8H,2-6,9-11H2,1H3,(H2,15,16). The van der Waals surface area contributed by atoms with Crippen molar-refractivity contribution in [3.63, 3.8) is 0 Å². The zero-order valence-corrected chi connectivity index (χ0v) is 14.0. The number of nitrogens with two attached hydrogens (primary N) is 1. The Hall–Kier alpha value is -1.08. The second-order valence-electron chi connectivity index (χ2n) is 5.20. The van der Waals surface area contributed by atoms with Crippen LogP contribution in [-0.2, 0) is 16.4 Å². The molecule has 1 aromatic rings. The smallest absolute Gasteiger partial charge is 0.191 e. The molecule has 2 rings (SSSR count). The van der Waals surface area contributed by atoms with Crippen molar-refractivity contribution < 1.29 is 8.42 Å². The summed E-state index contributed by atoms with van der Waals surface area (Å²) in [5.41, 5.74) is 6.05. The molecule has 5 nitrogen and oxygen atoms in total. The molecule has 1 fully saturated rings. The van der Waals surface area contributed by atoms with Crippen LogP contribution in [0.2, 0.25) is 0 Å². The first kappa shape index (κ1) is 16.3. The second kappa shape index (κ2) is 7.26. The Labute approximate surface area is 130 Å². The van der Waals surface area contributed by atoms with Crippen LogP contribution in [0.4, 0.5) is 0 Å². The third-order valence-electron chi connectivity index (χ3n) is 3.65. The van der Waals surface area contributed by atoms with Crippen LogP contribution < -0.4 is 5.73 Å². The molecule has 1 aliphatic heterocycles. The van der Waals surface area contributed by atoms with E-state index < -0.39 is 9.84 Å². The third kappa shape index (κ3) is 4.44. The Kier molecular flexibility index (Phi) is 5.64. The lowest BCUT2D eigenvalue weighted by Gasteiger charge is -2.20. The number of thiophene rings is 1. The lowest BCUT2D eigenvalue weighted by Crippen LogP contribution is -2.38. The quantitative estimate of drug-likeness (QED) is 0.679. The highest BCUT2D eigenvalue weighted by molar-refractivity contribution is 7.93. The molecule has 0 spiro atoms. The molecule has 0 unspecified atom stereocenters. The van der Waals surface area contributed by atoms with E-state index in [1.165, 1.54) is 24.2 Å². The van der Waals surface area contributed by atoms with E-state index in [0.29, 0.717) is 16.7 Å². The highest BCUT2D eigenvalue weighted by atomic mass is 32.2. The summed E-state index contributed by atoms with van der Waals surface area (Å²) in [6.07, 6.45) is 4.84. The average molecular weight is 329 g/mol. The van der Waals surface area contributed by atoms with E-state index in [1.807, 2.05) is 6.07 Å². The summed E-state index contributed by atoms with van der Waals surface area (Å²) in [5.74, 6) is 0.705. The van der Waals surface area contributed by atoms with Crippen molar-refractivity contribution in [2.75, 3.05) is 18.8 Å². The van der Waals surface area contributed by atoms with E-state index in [9.17, 15) is 8.42 Å². The molecule has 1 aliphatic rings. The lowest BCUT2D eigenvalue weighted by atomic mass is 10.2. The third-order valence-corrected chi connectivity index (χ3v) is 7.04. The molecule has 21 heavy (non-hydrogen) atoms. The minimum atomic E-state index is -3.11. The van der Waals surface area contributed by atoms with Crippen LogP contribution >= 0.6 is 11.3 Å². The highest BCUT2D eigenvalue weighted by Crippen LogP contribution is 2.23. The van der Waals surface area contributed by atoms with Crippen LogP contribution in [-0.4, -0.2) is 38.1 Å². The SMILES string of the molecule is CCS(=O)(=O)c1ccc(CN=C(N)N2CCCCCC2)s1. The van der Waals surface area contributed by atoms with Gasteiger partial charge in [-0.3, -0.25) is 0 Å². The number of hydrogen-bond acceptors (Lipinski definition) is 4. The molecule has 0 aliphatic carbocycles. The van der Waals surface area contributed by atoms with Crippen molar-refractivity contribution in [1.82, 2.24) is 4.90 Å². The maximum absolute atomic E-state index is 11.8. The van der Waals surface area contributed by atoms with E-state index in [1.54, 1.807) is 13.0 Å². The predicted molar refractivity (Wildman–Crippen MR) is 87.4 cm³/mol. The first-order chi connectivity index (χ1) is 10.0. The summed E-state index contributed by atoms with van der Waals surface area (Å²) >= 11 is 1.29. The fourth-order valence-corrected chi connectivity index (χ4v) is 4.71. The Morgan fingerprint density at radius 3 is 2.57 bits per heavy atom. The maximum atomic E-state index is 11.8. The number of sulfone groups is 1. The molecule has 2 heterocycles. The number of hydrogen-bond donors (Lipinski definition) is 1. The van der Waals surface area contributed by atoms with Gasteiger partial charge in [0.2, 0.25) is 0 Å². The van der Waals surface area contributed by atoms with Crippen LogP contribution in [0.5, 0.6) is 0 Å². The van der Waals surface area contributed by atoms with Gasteiger partial charge < -0.3 is 10.6 Å². The second-order valence-corrected chi connectivity index (χ2v) is 8.87. The van der Waals surface area contributed by atoms with Crippen LogP contribution in [0.25, 0.3) is 0 Å². The number of rotatable bonds is 4. The molecule has 7 heteroatoms. The summed E-state index contributed by atoms with van der Waals surface area (Å²) in [6, 6.07) is 3.49. The first-order valence-electron chi connectivity index (χ1n) is 7.39. The van der Waals surface area contributed by atoms with Crippen LogP contribution in [0.3, 0.4) is 0 Å². The average Bonchev–Trinajstić information content (AvgIpc) is 2.79. The monoisotopic (exact) mass is 329 g/mol. The molecule has 1 saturated heterocycles. The van der Waals surface area contributed by atoms with Gasteiger partial charge in [0, 0.05) is 18.0 Å². The molecule has 0 bridgehead atoms. The highest BCUT2D eigenvalue weighted by Gasteiger charge is 2.15. The summed E-state index contributed by atoms with van der Waals surface area (Å²) in [5, 5.41) is 0. The van der Waals surface area contributed by atoms with Gasteiger partial charge in [-0.25, -0.2) is 13.4 Å². The molecule has 2 N–H and O–H groups in total. The Bertz CT molecular complexity index is 585. The minimum Gasteiger partial charge on any atom is -0.370 e. The minimum absolute atomic E-state index is 0.131. The summed E-state index contributed by atoms with van der Waals surface area (Å²) in [6.45, 7) is 4.04. The van der Waals surface area contributed by atoms with Crippen molar-refractivity contribution in [3.05, 3.63) is 17.0 Å². The fourth-order valence-electron chi connectivity index (χ4n) is 2.31. The van der Waals surface area contributed by atoms with E-state index in [4.69, 9.17) is 5.73 Å². The molecule has 0 atom stereocenters. The lowest BCUT2D eigenvalue weighted by molar-refractivity contribution is 0.428. The number of nitrogens with zero attached hydrogens (tertiary/aromatic N) is 2. The van der Waals surface area contributed by atoms with Gasteiger partial charge in [0.25, 0.3) is 0 Å². The van der Waals surface area contributed by atoms with Crippen LogP contribution in [0.15, 0.2) is 21.3 Å². The zero-order valence-electron chi connectivity index (χ0n) is 12.4. The van der Waals surface area contributed by atoms with E-state index in [0.717, 1.165) is 30.8 Å². The van der Waals surface area contributed by atoms with Gasteiger partial charge in [0.1, 0.15) is 4.21 Å². The summed E-state index contributed by atoms with van der Waals surface area (Å²) in [7, 11) is -3.11. The van der Waals surface area contributed by atoms with Gasteiger partial charge in [-0.15, -0.1) is 11.3 Å². The molecular weight excluding hydrogens is 306 g/mol. The number of aliphatic imine (C=N–C) groups is 1. The summed E-state index contributed by atoms with van der Waals surface area (Å²) < 4.78 is 24.0. The topological polar surface area (TPSA) is 75.8 Å². The van der Waals surface area contributed by atoms with Crippen molar-refractivity contribution in [2.24, 2.45) is 10.7 Å². The summed E-state index contributed by atoms with van der Waals surface area (Å²) in [4.78, 5) is 7.48. The molecule has 0 amide bonds. The van der Waals surface area contributed by atoms with Crippen molar-refractivity contribution in [1.29, 1.82) is 0 Å². The van der Waals surface area contributed by atoms with Crippen LogP contribution in [0.1, 0.15) is 37.5 Å². The maximum Gasteiger partial charge on any atom is 0.191 e. The van der Waals surface area contributed by atoms with Gasteiger partial charge in [-0.1, -0.05) is 19.8 Å². The Morgan fingerprint density at radius 2 is 1.95 bits per heavy atom.